The third kappa shape index (κ3) is 5.99. The highest BCUT2D eigenvalue weighted by Gasteiger charge is 2.48. The third-order valence-corrected chi connectivity index (χ3v) is 6.76. The minimum atomic E-state index is -0.771. The maximum atomic E-state index is 13.2. The number of likely N-dealkylation sites (tertiary alicyclic amines) is 1. The Bertz CT molecular complexity index is 676. The molecule has 0 radical (unpaired) electrons. The number of hydrogen-bond donors (Lipinski definition) is 2. The topological polar surface area (TPSA) is 57.5 Å². The predicted molar refractivity (Wildman–Crippen MR) is 128 cm³/mol. The average molecular weight is 441 g/mol. The van der Waals surface area contributed by atoms with Gasteiger partial charge in [-0.25, -0.2) is 9.28 Å². The van der Waals surface area contributed by atoms with Gasteiger partial charge in [0.05, 0.1) is 13.0 Å². The zero-order chi connectivity index (χ0) is 21.5. The number of aliphatic hydroxyl groups excluding tert-OH is 1. The lowest BCUT2D eigenvalue weighted by Crippen LogP contribution is -2.63. The largest absolute Gasteiger partial charge is 0.503 e. The van der Waals surface area contributed by atoms with Crippen LogP contribution in [-0.2, 0) is 10.2 Å². The van der Waals surface area contributed by atoms with Crippen molar-refractivity contribution in [3.05, 3.63) is 23.8 Å². The average Bonchev–Trinajstić information content (AvgIpc) is 2.70. The van der Waals surface area contributed by atoms with E-state index < -0.39 is 6.23 Å². The van der Waals surface area contributed by atoms with Gasteiger partial charge in [-0.05, 0) is 42.7 Å². The summed E-state index contributed by atoms with van der Waals surface area (Å²) in [5.74, 6) is 0.177. The SMILES string of the molecule is CCCCCCC(C)(C)c1ccc([N+]2(C(=O)CCCC)CCCCC2O)c(O)c1.Cl. The molecule has 1 amide bonds. The molecule has 0 saturated carbocycles. The molecule has 0 aromatic heterocycles. The molecular weight excluding hydrogens is 398 g/mol. The highest BCUT2D eigenvalue weighted by molar-refractivity contribution is 5.90. The standard InChI is InChI=1S/C25H41NO3.ClH/c1-5-7-9-11-17-25(3,4)20-15-16-21(22(27)19-20)26(23(28)13-8-6-2)18-12-10-14-24(26)29;/h15-16,19,24,29H,5-14,17-18H2,1-4H3;1H/p+1. The monoisotopic (exact) mass is 440 g/mol. The Kier molecular flexibility index (Phi) is 10.8. The summed E-state index contributed by atoms with van der Waals surface area (Å²) < 4.78 is -0.108. The molecule has 30 heavy (non-hydrogen) atoms. The van der Waals surface area contributed by atoms with Gasteiger partial charge in [-0.3, -0.25) is 0 Å². The van der Waals surface area contributed by atoms with Crippen molar-refractivity contribution in [3.63, 3.8) is 0 Å². The minimum absolute atomic E-state index is 0. The number of piperidine rings is 1. The number of aliphatic hydroxyl groups is 1. The molecule has 1 aliphatic rings. The van der Waals surface area contributed by atoms with Gasteiger partial charge in [0.1, 0.15) is 0 Å². The van der Waals surface area contributed by atoms with E-state index in [9.17, 15) is 15.0 Å². The van der Waals surface area contributed by atoms with E-state index in [2.05, 4.69) is 33.8 Å². The molecule has 1 fully saturated rings. The fourth-order valence-corrected chi connectivity index (χ4v) is 4.71. The van der Waals surface area contributed by atoms with Crippen LogP contribution in [0.1, 0.15) is 104 Å². The van der Waals surface area contributed by atoms with Crippen LogP contribution in [0, 0.1) is 0 Å². The van der Waals surface area contributed by atoms with Gasteiger partial charge in [0.25, 0.3) is 0 Å². The number of carbonyl (C=O) groups is 1. The molecule has 2 rings (SSSR count). The second-order valence-electron chi connectivity index (χ2n) is 9.46. The number of phenolic OH excluding ortho intramolecular Hbond substituents is 1. The van der Waals surface area contributed by atoms with Crippen molar-refractivity contribution in [2.75, 3.05) is 6.54 Å². The third-order valence-electron chi connectivity index (χ3n) is 6.76. The second kappa shape index (κ2) is 12.1. The maximum absolute atomic E-state index is 13.2. The summed E-state index contributed by atoms with van der Waals surface area (Å²) in [7, 11) is 0. The highest BCUT2D eigenvalue weighted by Crippen LogP contribution is 2.42. The summed E-state index contributed by atoms with van der Waals surface area (Å²) in [6, 6.07) is 5.80. The van der Waals surface area contributed by atoms with Crippen LogP contribution in [0.2, 0.25) is 0 Å². The molecule has 1 aromatic rings. The Morgan fingerprint density at radius 3 is 2.40 bits per heavy atom. The fourth-order valence-electron chi connectivity index (χ4n) is 4.71. The minimum Gasteiger partial charge on any atom is -0.503 e. The van der Waals surface area contributed by atoms with Gasteiger partial charge in [0.2, 0.25) is 6.23 Å². The van der Waals surface area contributed by atoms with Gasteiger partial charge in [0.15, 0.2) is 11.4 Å². The maximum Gasteiger partial charge on any atom is 0.320 e. The number of halogens is 1. The van der Waals surface area contributed by atoms with E-state index in [1.165, 1.54) is 25.7 Å². The Morgan fingerprint density at radius 1 is 1.10 bits per heavy atom. The van der Waals surface area contributed by atoms with Gasteiger partial charge in [-0.1, -0.05) is 65.9 Å². The van der Waals surface area contributed by atoms with E-state index in [-0.39, 0.29) is 34.0 Å². The molecule has 1 aromatic carbocycles. The van der Waals surface area contributed by atoms with Crippen molar-refractivity contribution in [2.24, 2.45) is 0 Å². The summed E-state index contributed by atoms with van der Waals surface area (Å²) in [5.41, 5.74) is 1.64. The van der Waals surface area contributed by atoms with E-state index in [1.54, 1.807) is 0 Å². The molecule has 1 aliphatic heterocycles. The number of aromatic hydroxyl groups is 1. The van der Waals surface area contributed by atoms with Crippen molar-refractivity contribution in [1.82, 2.24) is 4.48 Å². The first-order chi connectivity index (χ1) is 13.8. The van der Waals surface area contributed by atoms with Crippen molar-refractivity contribution in [2.45, 2.75) is 110 Å². The summed E-state index contributed by atoms with van der Waals surface area (Å²) >= 11 is 0. The first-order valence-corrected chi connectivity index (χ1v) is 11.7. The first kappa shape index (κ1) is 26.9. The van der Waals surface area contributed by atoms with Gasteiger partial charge < -0.3 is 10.2 Å². The number of phenols is 1. The van der Waals surface area contributed by atoms with Crippen LogP contribution in [0.15, 0.2) is 18.2 Å². The lowest BCUT2D eigenvalue weighted by atomic mass is 9.79. The smallest absolute Gasteiger partial charge is 0.320 e. The zero-order valence-corrected chi connectivity index (χ0v) is 20.3. The number of unbranched alkanes of at least 4 members (excludes halogenated alkanes) is 4. The lowest BCUT2D eigenvalue weighted by Gasteiger charge is -2.42. The number of rotatable bonds is 10. The van der Waals surface area contributed by atoms with Crippen LogP contribution in [0.5, 0.6) is 5.75 Å². The Balaban J connectivity index is 0.00000450. The first-order valence-electron chi connectivity index (χ1n) is 11.7. The number of hydrogen-bond acceptors (Lipinski definition) is 3. The Hall–Kier alpha value is -1.10. The van der Waals surface area contributed by atoms with Crippen LogP contribution in [0.25, 0.3) is 0 Å². The normalized spacial score (nSPS) is 21.8. The number of quaternary nitrogens is 1. The van der Waals surface area contributed by atoms with Crippen molar-refractivity contribution in [1.29, 1.82) is 0 Å². The molecule has 0 spiro atoms. The van der Waals surface area contributed by atoms with E-state index in [0.29, 0.717) is 25.1 Å². The number of benzene rings is 1. The summed E-state index contributed by atoms with van der Waals surface area (Å²) in [5, 5.41) is 21.9. The van der Waals surface area contributed by atoms with E-state index >= 15 is 0 Å². The second-order valence-corrected chi connectivity index (χ2v) is 9.46. The van der Waals surface area contributed by atoms with Crippen molar-refractivity contribution in [3.8, 4) is 5.75 Å². The predicted octanol–water partition coefficient (Wildman–Crippen LogP) is 6.59. The molecule has 5 heteroatoms. The van der Waals surface area contributed by atoms with Gasteiger partial charge in [0, 0.05) is 12.5 Å². The molecule has 172 valence electrons. The highest BCUT2D eigenvalue weighted by atomic mass is 35.5. The number of nitrogens with zero attached hydrogens (tertiary/aromatic N) is 1. The van der Waals surface area contributed by atoms with Crippen molar-refractivity contribution < 1.29 is 15.0 Å². The van der Waals surface area contributed by atoms with Crippen LogP contribution in [-0.4, -0.2) is 28.9 Å². The van der Waals surface area contributed by atoms with Crippen LogP contribution in [0.3, 0.4) is 0 Å². The quantitative estimate of drug-likeness (QED) is 0.318. The molecule has 2 atom stereocenters. The molecule has 1 heterocycles. The molecule has 4 nitrogen and oxygen atoms in total. The molecule has 1 saturated heterocycles. The van der Waals surface area contributed by atoms with Crippen LogP contribution >= 0.6 is 12.4 Å². The van der Waals surface area contributed by atoms with Crippen molar-refractivity contribution >= 4 is 24.0 Å². The summed E-state index contributed by atoms with van der Waals surface area (Å²) in [6.45, 7) is 9.30. The fraction of sp³-hybridized carbons (Fsp3) is 0.720. The number of carbonyl (C=O) groups excluding carboxylic acids is 1. The van der Waals surface area contributed by atoms with E-state index in [4.69, 9.17) is 0 Å². The Morgan fingerprint density at radius 2 is 1.80 bits per heavy atom. The van der Waals surface area contributed by atoms with Gasteiger partial charge >= 0.3 is 5.91 Å². The summed E-state index contributed by atoms with van der Waals surface area (Å²) in [4.78, 5) is 13.2. The molecule has 0 bridgehead atoms. The lowest BCUT2D eigenvalue weighted by molar-refractivity contribution is -0.142. The molecule has 2 unspecified atom stereocenters. The van der Waals surface area contributed by atoms with E-state index in [0.717, 1.165) is 37.7 Å². The molecule has 0 aliphatic carbocycles. The Labute approximate surface area is 189 Å². The van der Waals surface area contributed by atoms with Gasteiger partial charge in [-0.2, -0.15) is 0 Å². The van der Waals surface area contributed by atoms with Gasteiger partial charge in [-0.15, -0.1) is 12.4 Å². The molecule has 2 N–H and O–H groups in total. The zero-order valence-electron chi connectivity index (χ0n) is 19.5. The summed E-state index contributed by atoms with van der Waals surface area (Å²) in [6.07, 6.45) is 9.82. The van der Waals surface area contributed by atoms with Crippen LogP contribution < -0.4 is 4.48 Å². The van der Waals surface area contributed by atoms with E-state index in [1.807, 2.05) is 12.1 Å². The van der Waals surface area contributed by atoms with Crippen LogP contribution in [0.4, 0.5) is 5.69 Å². The molecular formula is C25H43ClNO3+. The number of amides is 1.